The van der Waals surface area contributed by atoms with Gasteiger partial charge >= 0.3 is 0 Å². The van der Waals surface area contributed by atoms with Crippen molar-refractivity contribution in [2.24, 2.45) is 5.92 Å². The minimum Gasteiger partial charge on any atom is -0.484 e. The van der Waals surface area contributed by atoms with Crippen molar-refractivity contribution in [1.82, 2.24) is 9.88 Å². The number of ether oxygens (including phenoxy) is 1. The van der Waals surface area contributed by atoms with E-state index in [0.29, 0.717) is 5.13 Å². The van der Waals surface area contributed by atoms with E-state index in [-0.39, 0.29) is 12.5 Å². The fourth-order valence-corrected chi connectivity index (χ4v) is 4.13. The molecule has 0 radical (unpaired) electrons. The Balaban J connectivity index is 1.48. The average molecular weight is 374 g/mol. The molecule has 1 saturated heterocycles. The van der Waals surface area contributed by atoms with Gasteiger partial charge in [-0.1, -0.05) is 13.0 Å². The van der Waals surface area contributed by atoms with Crippen LogP contribution in [0, 0.1) is 19.8 Å². The van der Waals surface area contributed by atoms with Gasteiger partial charge in [0.05, 0.1) is 5.69 Å². The van der Waals surface area contributed by atoms with Gasteiger partial charge in [0, 0.05) is 18.5 Å². The van der Waals surface area contributed by atoms with Crippen LogP contribution in [0.1, 0.15) is 36.6 Å². The van der Waals surface area contributed by atoms with Gasteiger partial charge in [-0.2, -0.15) is 0 Å². The number of likely N-dealkylation sites (tertiary alicyclic amines) is 1. The number of carbonyl (C=O) groups excluding carboxylic acids is 1. The number of amides is 1. The van der Waals surface area contributed by atoms with E-state index >= 15 is 0 Å². The topological polar surface area (TPSA) is 54.5 Å². The molecule has 0 aliphatic carbocycles. The van der Waals surface area contributed by atoms with Gasteiger partial charge in [-0.25, -0.2) is 4.98 Å². The van der Waals surface area contributed by atoms with Crippen molar-refractivity contribution in [3.8, 4) is 5.75 Å². The molecule has 0 spiro atoms. The molecule has 1 amide bonds. The second kappa shape index (κ2) is 8.64. The van der Waals surface area contributed by atoms with Gasteiger partial charge in [0.1, 0.15) is 5.75 Å². The van der Waals surface area contributed by atoms with Crippen LogP contribution in [-0.4, -0.2) is 35.5 Å². The molecule has 0 saturated carbocycles. The van der Waals surface area contributed by atoms with Gasteiger partial charge in [-0.3, -0.25) is 15.0 Å². The van der Waals surface area contributed by atoms with E-state index in [2.05, 4.69) is 28.2 Å². The lowest BCUT2D eigenvalue weighted by Gasteiger charge is -2.30. The predicted molar refractivity (Wildman–Crippen MR) is 106 cm³/mol. The summed E-state index contributed by atoms with van der Waals surface area (Å²) in [7, 11) is 0. The lowest BCUT2D eigenvalue weighted by molar-refractivity contribution is -0.118. The van der Waals surface area contributed by atoms with Crippen molar-refractivity contribution in [2.75, 3.05) is 25.0 Å². The van der Waals surface area contributed by atoms with Crippen molar-refractivity contribution >= 4 is 22.4 Å². The lowest BCUT2D eigenvalue weighted by Crippen LogP contribution is -2.33. The molecule has 0 unspecified atom stereocenters. The summed E-state index contributed by atoms with van der Waals surface area (Å²) in [6.07, 6.45) is 2.57. The number of piperidine rings is 1. The number of hydrogen-bond donors (Lipinski definition) is 1. The Bertz CT molecular complexity index is 739. The average Bonchev–Trinajstić information content (AvgIpc) is 2.99. The Morgan fingerprint density at radius 1 is 1.35 bits per heavy atom. The van der Waals surface area contributed by atoms with E-state index < -0.39 is 0 Å². The predicted octanol–water partition coefficient (Wildman–Crippen LogP) is 4.01. The summed E-state index contributed by atoms with van der Waals surface area (Å²) < 4.78 is 5.60. The molecule has 1 aromatic carbocycles. The molecule has 1 aromatic heterocycles. The fraction of sp³-hybridized carbons (Fsp3) is 0.500. The third-order valence-corrected chi connectivity index (χ3v) is 5.30. The molecule has 1 aliphatic rings. The second-order valence-electron chi connectivity index (χ2n) is 7.29. The minimum absolute atomic E-state index is 0.0125. The molecule has 1 N–H and O–H groups in total. The molecule has 6 heteroatoms. The Kier molecular flexibility index (Phi) is 6.27. The van der Waals surface area contributed by atoms with Gasteiger partial charge in [-0.05, 0) is 62.4 Å². The summed E-state index contributed by atoms with van der Waals surface area (Å²) in [5, 5.41) is 5.50. The highest BCUT2D eigenvalue weighted by atomic mass is 32.1. The molecule has 2 heterocycles. The number of hydrogen-bond acceptors (Lipinski definition) is 5. The van der Waals surface area contributed by atoms with Crippen LogP contribution in [0.15, 0.2) is 23.6 Å². The van der Waals surface area contributed by atoms with Gasteiger partial charge < -0.3 is 4.74 Å². The fourth-order valence-electron chi connectivity index (χ4n) is 3.42. The smallest absolute Gasteiger partial charge is 0.264 e. The summed E-state index contributed by atoms with van der Waals surface area (Å²) >= 11 is 1.47. The summed E-state index contributed by atoms with van der Waals surface area (Å²) in [6, 6.07) is 5.94. The normalized spacial score (nSPS) is 17.9. The Hall–Kier alpha value is -1.92. The first-order chi connectivity index (χ1) is 12.5. The molecule has 1 fully saturated rings. The maximum atomic E-state index is 12.1. The molecular formula is C20H27N3O2S. The third kappa shape index (κ3) is 5.54. The van der Waals surface area contributed by atoms with Crippen molar-refractivity contribution in [3.05, 3.63) is 40.4 Å². The highest BCUT2D eigenvalue weighted by molar-refractivity contribution is 7.13. The van der Waals surface area contributed by atoms with Crippen molar-refractivity contribution in [3.63, 3.8) is 0 Å². The number of thiazole rings is 1. The molecule has 0 bridgehead atoms. The molecular weight excluding hydrogens is 346 g/mol. The van der Waals surface area contributed by atoms with Crippen LogP contribution in [0.2, 0.25) is 0 Å². The number of nitrogens with zero attached hydrogens (tertiary/aromatic N) is 2. The molecule has 2 aromatic rings. The van der Waals surface area contributed by atoms with Crippen LogP contribution in [0.5, 0.6) is 5.75 Å². The highest BCUT2D eigenvalue weighted by Gasteiger charge is 2.17. The maximum Gasteiger partial charge on any atom is 0.264 e. The van der Waals surface area contributed by atoms with E-state index in [4.69, 9.17) is 4.74 Å². The van der Waals surface area contributed by atoms with Crippen LogP contribution < -0.4 is 10.1 Å². The number of aromatic nitrogens is 1. The first kappa shape index (κ1) is 18.9. The summed E-state index contributed by atoms with van der Waals surface area (Å²) in [4.78, 5) is 19.1. The molecule has 140 valence electrons. The molecule has 1 aliphatic heterocycles. The number of anilines is 1. The van der Waals surface area contributed by atoms with Crippen LogP contribution in [0.3, 0.4) is 0 Å². The molecule has 26 heavy (non-hydrogen) atoms. The molecule has 5 nitrogen and oxygen atoms in total. The van der Waals surface area contributed by atoms with Crippen molar-refractivity contribution in [2.45, 2.75) is 40.2 Å². The minimum atomic E-state index is -0.184. The zero-order chi connectivity index (χ0) is 18.5. The van der Waals surface area contributed by atoms with Crippen LogP contribution in [0.25, 0.3) is 0 Å². The zero-order valence-electron chi connectivity index (χ0n) is 15.7. The van der Waals surface area contributed by atoms with Crippen molar-refractivity contribution < 1.29 is 9.53 Å². The summed E-state index contributed by atoms with van der Waals surface area (Å²) in [6.45, 7) is 9.43. The van der Waals surface area contributed by atoms with Gasteiger partial charge in [0.2, 0.25) is 0 Å². The standard InChI is InChI=1S/C20H27N3O2S/c1-14-5-4-6-23(10-14)11-17-13-26-20(21-17)22-19(24)12-25-18-8-15(2)7-16(3)9-18/h7-9,13-14H,4-6,10-12H2,1-3H3,(H,21,22,24)/t14-/m0/s1. The lowest BCUT2D eigenvalue weighted by atomic mass is 10.0. The Morgan fingerprint density at radius 3 is 2.85 bits per heavy atom. The van der Waals surface area contributed by atoms with Crippen molar-refractivity contribution in [1.29, 1.82) is 0 Å². The third-order valence-electron chi connectivity index (χ3n) is 4.49. The van der Waals surface area contributed by atoms with Gasteiger partial charge in [0.15, 0.2) is 11.7 Å². The first-order valence-electron chi connectivity index (χ1n) is 9.15. The van der Waals surface area contributed by atoms with Crippen LogP contribution >= 0.6 is 11.3 Å². The highest BCUT2D eigenvalue weighted by Crippen LogP contribution is 2.21. The largest absolute Gasteiger partial charge is 0.484 e. The van der Waals surface area contributed by atoms with Gasteiger partial charge in [0.25, 0.3) is 5.91 Å². The first-order valence-corrected chi connectivity index (χ1v) is 10.0. The van der Waals surface area contributed by atoms with Gasteiger partial charge in [-0.15, -0.1) is 11.3 Å². The number of carbonyl (C=O) groups is 1. The number of aryl methyl sites for hydroxylation is 2. The quantitative estimate of drug-likeness (QED) is 0.831. The van der Waals surface area contributed by atoms with E-state index in [9.17, 15) is 4.79 Å². The maximum absolute atomic E-state index is 12.1. The van der Waals surface area contributed by atoms with E-state index in [1.807, 2.05) is 31.4 Å². The zero-order valence-corrected chi connectivity index (χ0v) is 16.6. The SMILES string of the molecule is Cc1cc(C)cc(OCC(=O)Nc2nc(CN3CCC[C@H](C)C3)cs2)c1. The molecule has 1 atom stereocenters. The number of rotatable bonds is 6. The number of benzene rings is 1. The molecule has 3 rings (SSSR count). The number of nitrogens with one attached hydrogen (secondary N) is 1. The summed E-state index contributed by atoms with van der Waals surface area (Å²) in [5.41, 5.74) is 3.27. The second-order valence-corrected chi connectivity index (χ2v) is 8.14. The van der Waals surface area contributed by atoms with Crippen LogP contribution in [-0.2, 0) is 11.3 Å². The Labute approximate surface area is 159 Å². The van der Waals surface area contributed by atoms with E-state index in [0.717, 1.165) is 48.1 Å². The Morgan fingerprint density at radius 2 is 2.12 bits per heavy atom. The summed E-state index contributed by atoms with van der Waals surface area (Å²) in [5.74, 6) is 1.29. The van der Waals surface area contributed by atoms with Crippen LogP contribution in [0.4, 0.5) is 5.13 Å². The van der Waals surface area contributed by atoms with E-state index in [1.54, 1.807) is 0 Å². The monoisotopic (exact) mass is 373 g/mol. The van der Waals surface area contributed by atoms with E-state index in [1.165, 1.54) is 24.2 Å².